The molecule has 1 unspecified atom stereocenters. The number of hydrogen-bond acceptors (Lipinski definition) is 2. The smallest absolute Gasteiger partial charge is 0.142 e. The molecule has 0 amide bonds. The Labute approximate surface area is 127 Å². The number of fused-ring (bicyclic) bond motifs is 1. The first-order chi connectivity index (χ1) is 10.1. The van der Waals surface area contributed by atoms with E-state index >= 15 is 0 Å². The number of ketones is 1. The number of rotatable bonds is 4. The van der Waals surface area contributed by atoms with Gasteiger partial charge in [0.1, 0.15) is 11.6 Å². The van der Waals surface area contributed by atoms with E-state index in [1.807, 2.05) is 18.2 Å². The van der Waals surface area contributed by atoms with Crippen LogP contribution in [0.4, 0.5) is 10.1 Å². The molecular weight excluding hydrogens is 289 g/mol. The molecule has 1 N–H and O–H groups in total. The molecule has 3 rings (SSSR count). The van der Waals surface area contributed by atoms with Gasteiger partial charge in [0.05, 0.1) is 5.02 Å². The number of nitrogens with one attached hydrogen (secondary N) is 1. The third-order valence-electron chi connectivity index (χ3n) is 3.80. The Morgan fingerprint density at radius 1 is 1.29 bits per heavy atom. The molecule has 2 aromatic carbocycles. The van der Waals surface area contributed by atoms with Crippen molar-refractivity contribution in [2.24, 2.45) is 0 Å². The van der Waals surface area contributed by atoms with Gasteiger partial charge in [-0.15, -0.1) is 0 Å². The summed E-state index contributed by atoms with van der Waals surface area (Å²) in [7, 11) is 0. The lowest BCUT2D eigenvalue weighted by molar-refractivity contribution is -0.118. The number of halogens is 2. The molecule has 0 saturated heterocycles. The fourth-order valence-electron chi connectivity index (χ4n) is 2.76. The second-order valence-corrected chi connectivity index (χ2v) is 5.74. The van der Waals surface area contributed by atoms with E-state index in [0.717, 1.165) is 12.2 Å². The van der Waals surface area contributed by atoms with E-state index in [0.29, 0.717) is 12.0 Å². The molecule has 1 aliphatic rings. The van der Waals surface area contributed by atoms with Crippen molar-refractivity contribution in [1.82, 2.24) is 0 Å². The van der Waals surface area contributed by atoms with Crippen LogP contribution in [0.15, 0.2) is 42.5 Å². The van der Waals surface area contributed by atoms with E-state index in [-0.39, 0.29) is 23.1 Å². The quantitative estimate of drug-likeness (QED) is 0.917. The minimum absolute atomic E-state index is 0.0834. The molecule has 0 bridgehead atoms. The predicted octanol–water partition coefficient (Wildman–Crippen LogP) is 4.19. The van der Waals surface area contributed by atoms with Crippen molar-refractivity contribution in [2.75, 3.05) is 11.9 Å². The topological polar surface area (TPSA) is 29.1 Å². The minimum Gasteiger partial charge on any atom is -0.384 e. The van der Waals surface area contributed by atoms with E-state index in [1.165, 1.54) is 17.7 Å². The molecule has 4 heteroatoms. The Hall–Kier alpha value is -1.87. The van der Waals surface area contributed by atoms with Crippen molar-refractivity contribution in [2.45, 2.75) is 18.8 Å². The number of hydrogen-bond donors (Lipinski definition) is 1. The fraction of sp³-hybridized carbons (Fsp3) is 0.235. The summed E-state index contributed by atoms with van der Waals surface area (Å²) in [5, 5.41) is 3.39. The monoisotopic (exact) mass is 303 g/mol. The number of anilines is 1. The zero-order valence-electron chi connectivity index (χ0n) is 11.4. The van der Waals surface area contributed by atoms with Gasteiger partial charge in [0.2, 0.25) is 0 Å². The molecule has 2 nitrogen and oxygen atoms in total. The standard InChI is InChI=1S/C17H15ClFNO/c18-15-6-5-11(8-16(15)19)7-13(21)9-12-10-20-17-4-2-1-3-14(12)17/h1-6,8,12,20H,7,9-10H2. The molecule has 0 fully saturated rings. The molecular formula is C17H15ClFNO. The normalized spacial score (nSPS) is 16.4. The number of para-hydroxylation sites is 1. The summed E-state index contributed by atoms with van der Waals surface area (Å²) in [5.41, 5.74) is 2.96. The zero-order chi connectivity index (χ0) is 14.8. The maximum Gasteiger partial charge on any atom is 0.142 e. The highest BCUT2D eigenvalue weighted by Crippen LogP contribution is 2.33. The first kappa shape index (κ1) is 14.1. The molecule has 21 heavy (non-hydrogen) atoms. The summed E-state index contributed by atoms with van der Waals surface area (Å²) >= 11 is 5.64. The number of carbonyl (C=O) groups is 1. The van der Waals surface area contributed by atoms with Gasteiger partial charge in [0.25, 0.3) is 0 Å². The lowest BCUT2D eigenvalue weighted by Crippen LogP contribution is -2.11. The summed E-state index contributed by atoms with van der Waals surface area (Å²) in [6.07, 6.45) is 0.709. The van der Waals surface area contributed by atoms with Gasteiger partial charge in [-0.2, -0.15) is 0 Å². The van der Waals surface area contributed by atoms with Crippen LogP contribution in [-0.2, 0) is 11.2 Å². The van der Waals surface area contributed by atoms with Crippen LogP contribution in [0.25, 0.3) is 0 Å². The summed E-state index contributed by atoms with van der Waals surface area (Å²) in [6.45, 7) is 0.778. The molecule has 2 aromatic rings. The lowest BCUT2D eigenvalue weighted by atomic mass is 9.93. The van der Waals surface area contributed by atoms with Crippen LogP contribution < -0.4 is 5.32 Å². The zero-order valence-corrected chi connectivity index (χ0v) is 12.2. The van der Waals surface area contributed by atoms with Gasteiger partial charge in [-0.25, -0.2) is 4.39 Å². The first-order valence-electron chi connectivity index (χ1n) is 6.92. The highest BCUT2D eigenvalue weighted by atomic mass is 35.5. The highest BCUT2D eigenvalue weighted by Gasteiger charge is 2.23. The Kier molecular flexibility index (Phi) is 3.93. The second-order valence-electron chi connectivity index (χ2n) is 5.33. The largest absolute Gasteiger partial charge is 0.384 e. The van der Waals surface area contributed by atoms with Crippen molar-refractivity contribution in [1.29, 1.82) is 0 Å². The lowest BCUT2D eigenvalue weighted by Gasteiger charge is -2.09. The van der Waals surface area contributed by atoms with Crippen molar-refractivity contribution in [3.63, 3.8) is 0 Å². The van der Waals surface area contributed by atoms with Crippen LogP contribution in [-0.4, -0.2) is 12.3 Å². The van der Waals surface area contributed by atoms with Crippen LogP contribution in [0.3, 0.4) is 0 Å². The number of carbonyl (C=O) groups excluding carboxylic acids is 1. The van der Waals surface area contributed by atoms with Crippen LogP contribution in [0.1, 0.15) is 23.5 Å². The maximum absolute atomic E-state index is 13.4. The molecule has 0 aliphatic carbocycles. The number of benzene rings is 2. The van der Waals surface area contributed by atoms with Gasteiger partial charge in [-0.3, -0.25) is 4.79 Å². The Morgan fingerprint density at radius 3 is 2.90 bits per heavy atom. The summed E-state index contributed by atoms with van der Waals surface area (Å²) < 4.78 is 13.4. The van der Waals surface area contributed by atoms with Crippen molar-refractivity contribution >= 4 is 23.1 Å². The molecule has 1 heterocycles. The van der Waals surface area contributed by atoms with Gasteiger partial charge in [0, 0.05) is 31.0 Å². The summed E-state index contributed by atoms with van der Waals surface area (Å²) in [4.78, 5) is 12.2. The van der Waals surface area contributed by atoms with Crippen molar-refractivity contribution in [3.05, 3.63) is 64.4 Å². The van der Waals surface area contributed by atoms with E-state index in [4.69, 9.17) is 11.6 Å². The number of Topliss-reactive ketones (excluding diaryl/α,β-unsaturated/α-hetero) is 1. The first-order valence-corrected chi connectivity index (χ1v) is 7.29. The third-order valence-corrected chi connectivity index (χ3v) is 4.11. The van der Waals surface area contributed by atoms with Gasteiger partial charge in [-0.05, 0) is 29.3 Å². The van der Waals surface area contributed by atoms with Gasteiger partial charge < -0.3 is 5.32 Å². The van der Waals surface area contributed by atoms with Crippen molar-refractivity contribution in [3.8, 4) is 0 Å². The molecule has 108 valence electrons. The fourth-order valence-corrected chi connectivity index (χ4v) is 2.88. The Bertz CT molecular complexity index is 686. The third kappa shape index (κ3) is 3.08. The predicted molar refractivity (Wildman–Crippen MR) is 82.4 cm³/mol. The van der Waals surface area contributed by atoms with E-state index in [9.17, 15) is 9.18 Å². The minimum atomic E-state index is -0.477. The molecule has 0 radical (unpaired) electrons. The van der Waals surface area contributed by atoms with E-state index < -0.39 is 5.82 Å². The SMILES string of the molecule is O=C(Cc1ccc(Cl)c(F)c1)CC1CNc2ccccc21. The Balaban J connectivity index is 1.66. The van der Waals surface area contributed by atoms with Gasteiger partial charge >= 0.3 is 0 Å². The molecule has 0 saturated carbocycles. The van der Waals surface area contributed by atoms with Gasteiger partial charge in [-0.1, -0.05) is 35.9 Å². The molecule has 0 spiro atoms. The average Bonchev–Trinajstić information content (AvgIpc) is 2.86. The van der Waals surface area contributed by atoms with Gasteiger partial charge in [0.15, 0.2) is 0 Å². The van der Waals surface area contributed by atoms with E-state index in [2.05, 4.69) is 11.4 Å². The average molecular weight is 304 g/mol. The summed E-state index contributed by atoms with van der Waals surface area (Å²) in [5.74, 6) is -0.166. The van der Waals surface area contributed by atoms with Crippen LogP contribution in [0, 0.1) is 5.82 Å². The van der Waals surface area contributed by atoms with E-state index in [1.54, 1.807) is 6.07 Å². The summed E-state index contributed by atoms with van der Waals surface area (Å²) in [6, 6.07) is 12.6. The Morgan fingerprint density at radius 2 is 2.10 bits per heavy atom. The van der Waals surface area contributed by atoms with Crippen LogP contribution in [0.5, 0.6) is 0 Å². The second kappa shape index (κ2) is 5.86. The highest BCUT2D eigenvalue weighted by molar-refractivity contribution is 6.30. The molecule has 1 atom stereocenters. The van der Waals surface area contributed by atoms with Crippen molar-refractivity contribution < 1.29 is 9.18 Å². The van der Waals surface area contributed by atoms with Crippen LogP contribution >= 0.6 is 11.6 Å². The maximum atomic E-state index is 13.4. The molecule has 1 aliphatic heterocycles. The molecule has 0 aromatic heterocycles. The van der Waals surface area contributed by atoms with Crippen LogP contribution in [0.2, 0.25) is 5.02 Å².